The fraction of sp³-hybridized carbons (Fsp3) is 0.105. The van der Waals surface area contributed by atoms with Crippen LogP contribution in [-0.4, -0.2) is 15.9 Å². The first-order valence-corrected chi connectivity index (χ1v) is 8.32. The van der Waals surface area contributed by atoms with Gasteiger partial charge >= 0.3 is 0 Å². The third-order valence-electron chi connectivity index (χ3n) is 3.61. The van der Waals surface area contributed by atoms with Crippen LogP contribution >= 0.6 is 11.6 Å². The molecule has 0 unspecified atom stereocenters. The molecule has 1 aromatic heterocycles. The molecule has 0 aliphatic carbocycles. The summed E-state index contributed by atoms with van der Waals surface area (Å²) in [6, 6.07) is 16.0. The van der Waals surface area contributed by atoms with Gasteiger partial charge < -0.3 is 15.8 Å². The minimum absolute atomic E-state index is 0.169. The van der Waals surface area contributed by atoms with Crippen molar-refractivity contribution in [2.24, 2.45) is 0 Å². The number of aromatic nitrogens is 2. The zero-order valence-electron chi connectivity index (χ0n) is 13.9. The Morgan fingerprint density at radius 3 is 2.69 bits per heavy atom. The number of hydrogen-bond donors (Lipinski definition) is 2. The Hall–Kier alpha value is -3.12. The average Bonchev–Trinajstić information content (AvgIpc) is 2.66. The van der Waals surface area contributed by atoms with Crippen LogP contribution in [0.5, 0.6) is 5.75 Å². The van der Waals surface area contributed by atoms with Crippen molar-refractivity contribution in [2.75, 3.05) is 5.73 Å². The maximum atomic E-state index is 12.5. The van der Waals surface area contributed by atoms with Gasteiger partial charge in [-0.3, -0.25) is 4.79 Å². The number of nitrogen functional groups attached to an aromatic ring is 1. The molecule has 0 aliphatic heterocycles. The van der Waals surface area contributed by atoms with Gasteiger partial charge in [0, 0.05) is 16.8 Å². The van der Waals surface area contributed by atoms with Crippen LogP contribution in [0.15, 0.2) is 60.8 Å². The average molecular weight is 369 g/mol. The molecule has 0 spiro atoms. The molecule has 0 fully saturated rings. The molecule has 0 radical (unpaired) electrons. The number of anilines is 1. The van der Waals surface area contributed by atoms with Gasteiger partial charge in [0.15, 0.2) is 0 Å². The van der Waals surface area contributed by atoms with E-state index in [2.05, 4.69) is 15.3 Å². The lowest BCUT2D eigenvalue weighted by molar-refractivity contribution is 0.0945. The van der Waals surface area contributed by atoms with E-state index in [1.54, 1.807) is 42.6 Å². The second kappa shape index (κ2) is 8.31. The molecule has 1 heterocycles. The first-order valence-electron chi connectivity index (χ1n) is 7.94. The molecule has 1 amide bonds. The molecule has 0 saturated heterocycles. The number of carbonyl (C=O) groups excluding carboxylic acids is 1. The van der Waals surface area contributed by atoms with Gasteiger partial charge in [-0.15, -0.1) is 0 Å². The molecule has 0 aliphatic rings. The topological polar surface area (TPSA) is 90.1 Å². The molecule has 26 heavy (non-hydrogen) atoms. The molecule has 0 bridgehead atoms. The molecule has 3 rings (SSSR count). The van der Waals surface area contributed by atoms with Crippen LogP contribution in [0.25, 0.3) is 0 Å². The summed E-state index contributed by atoms with van der Waals surface area (Å²) in [5.41, 5.74) is 6.88. The molecule has 3 N–H and O–H groups in total. The number of carbonyl (C=O) groups is 1. The van der Waals surface area contributed by atoms with E-state index >= 15 is 0 Å². The first-order chi connectivity index (χ1) is 12.6. The number of amides is 1. The van der Waals surface area contributed by atoms with Crippen molar-refractivity contribution in [2.45, 2.75) is 13.2 Å². The van der Waals surface area contributed by atoms with E-state index in [1.165, 1.54) is 0 Å². The van der Waals surface area contributed by atoms with E-state index < -0.39 is 0 Å². The van der Waals surface area contributed by atoms with E-state index in [0.717, 1.165) is 5.56 Å². The second-order valence-electron chi connectivity index (χ2n) is 5.46. The van der Waals surface area contributed by atoms with Gasteiger partial charge in [-0.05, 0) is 24.3 Å². The predicted molar refractivity (Wildman–Crippen MR) is 99.8 cm³/mol. The van der Waals surface area contributed by atoms with Crippen LogP contribution in [0.1, 0.15) is 21.7 Å². The highest BCUT2D eigenvalue weighted by molar-refractivity contribution is 6.31. The van der Waals surface area contributed by atoms with Gasteiger partial charge in [-0.25, -0.2) is 9.97 Å². The number of benzene rings is 2. The van der Waals surface area contributed by atoms with Crippen molar-refractivity contribution in [3.05, 3.63) is 82.8 Å². The lowest BCUT2D eigenvalue weighted by Gasteiger charge is -2.12. The van der Waals surface area contributed by atoms with Crippen molar-refractivity contribution in [1.82, 2.24) is 15.3 Å². The van der Waals surface area contributed by atoms with E-state index in [1.807, 2.05) is 18.2 Å². The number of para-hydroxylation sites is 1. The highest BCUT2D eigenvalue weighted by Crippen LogP contribution is 2.22. The molecule has 3 aromatic rings. The minimum Gasteiger partial charge on any atom is -0.488 e. The number of nitrogens with one attached hydrogen (secondary N) is 1. The summed E-state index contributed by atoms with van der Waals surface area (Å²) >= 11 is 6.14. The lowest BCUT2D eigenvalue weighted by atomic mass is 10.2. The van der Waals surface area contributed by atoms with Crippen LogP contribution in [-0.2, 0) is 13.2 Å². The third kappa shape index (κ3) is 4.49. The number of ether oxygens (including phenoxy) is 1. The van der Waals surface area contributed by atoms with Gasteiger partial charge in [0.2, 0.25) is 0 Å². The maximum Gasteiger partial charge on any atom is 0.255 e. The Kier molecular flexibility index (Phi) is 5.66. The molecule has 2 aromatic carbocycles. The van der Waals surface area contributed by atoms with Gasteiger partial charge in [-0.1, -0.05) is 41.9 Å². The van der Waals surface area contributed by atoms with Gasteiger partial charge in [-0.2, -0.15) is 0 Å². The van der Waals surface area contributed by atoms with E-state index in [9.17, 15) is 4.79 Å². The van der Waals surface area contributed by atoms with Crippen LogP contribution in [0.3, 0.4) is 0 Å². The number of rotatable bonds is 6. The van der Waals surface area contributed by atoms with Gasteiger partial charge in [0.05, 0.1) is 12.1 Å². The maximum absolute atomic E-state index is 12.5. The summed E-state index contributed by atoms with van der Waals surface area (Å²) in [5, 5.41) is 3.39. The highest BCUT2D eigenvalue weighted by atomic mass is 35.5. The second-order valence-corrected chi connectivity index (χ2v) is 5.86. The zero-order chi connectivity index (χ0) is 18.4. The molecule has 132 valence electrons. The summed E-state index contributed by atoms with van der Waals surface area (Å²) in [4.78, 5) is 20.6. The van der Waals surface area contributed by atoms with Crippen molar-refractivity contribution in [1.29, 1.82) is 0 Å². The fourth-order valence-corrected chi connectivity index (χ4v) is 2.50. The quantitative estimate of drug-likeness (QED) is 0.697. The Bertz CT molecular complexity index is 917. The number of hydrogen-bond acceptors (Lipinski definition) is 5. The van der Waals surface area contributed by atoms with Crippen molar-refractivity contribution >= 4 is 23.3 Å². The number of nitrogens with two attached hydrogens (primary N) is 1. The van der Waals surface area contributed by atoms with Crippen molar-refractivity contribution in [3.8, 4) is 5.75 Å². The highest BCUT2D eigenvalue weighted by Gasteiger charge is 2.13. The minimum atomic E-state index is -0.286. The van der Waals surface area contributed by atoms with E-state index in [0.29, 0.717) is 28.0 Å². The van der Waals surface area contributed by atoms with Crippen molar-refractivity contribution < 1.29 is 9.53 Å². The van der Waals surface area contributed by atoms with Crippen LogP contribution in [0.2, 0.25) is 5.02 Å². The van der Waals surface area contributed by atoms with Crippen LogP contribution in [0.4, 0.5) is 5.82 Å². The van der Waals surface area contributed by atoms with Gasteiger partial charge in [0.1, 0.15) is 24.0 Å². The monoisotopic (exact) mass is 368 g/mol. The molecule has 0 saturated carbocycles. The number of halogens is 1. The predicted octanol–water partition coefficient (Wildman–Crippen LogP) is 3.22. The van der Waals surface area contributed by atoms with E-state index in [4.69, 9.17) is 22.1 Å². The SMILES string of the molecule is Nc1ccnc(CNC(=O)c2ccccc2OCc2ccccc2Cl)n1. The van der Waals surface area contributed by atoms with E-state index in [-0.39, 0.29) is 19.1 Å². The summed E-state index contributed by atoms with van der Waals surface area (Å²) in [5.74, 6) is 0.977. The molecule has 0 atom stereocenters. The third-order valence-corrected chi connectivity index (χ3v) is 3.98. The Balaban J connectivity index is 1.68. The fourth-order valence-electron chi connectivity index (χ4n) is 2.31. The number of nitrogens with zero attached hydrogens (tertiary/aromatic N) is 2. The molecular weight excluding hydrogens is 352 g/mol. The lowest BCUT2D eigenvalue weighted by Crippen LogP contribution is -2.24. The summed E-state index contributed by atoms with van der Waals surface area (Å²) in [6.07, 6.45) is 1.55. The van der Waals surface area contributed by atoms with Crippen molar-refractivity contribution in [3.63, 3.8) is 0 Å². The Morgan fingerprint density at radius 2 is 1.88 bits per heavy atom. The Labute approximate surface area is 156 Å². The zero-order valence-corrected chi connectivity index (χ0v) is 14.6. The molecule has 7 heteroatoms. The molecule has 6 nitrogen and oxygen atoms in total. The smallest absolute Gasteiger partial charge is 0.255 e. The Morgan fingerprint density at radius 1 is 1.12 bits per heavy atom. The van der Waals surface area contributed by atoms with Crippen LogP contribution in [0, 0.1) is 0 Å². The standard InChI is InChI=1S/C19H17ClN4O2/c20-15-7-3-1-5-13(15)12-26-16-8-4-2-6-14(16)19(25)23-11-18-22-10-9-17(21)24-18/h1-10H,11-12H2,(H,23,25)(H2,21,22,24). The summed E-state index contributed by atoms with van der Waals surface area (Å²) in [6.45, 7) is 0.436. The van der Waals surface area contributed by atoms with Gasteiger partial charge in [0.25, 0.3) is 5.91 Å². The normalized spacial score (nSPS) is 10.3. The summed E-state index contributed by atoms with van der Waals surface area (Å²) < 4.78 is 5.80. The van der Waals surface area contributed by atoms with Crippen LogP contribution < -0.4 is 15.8 Å². The first kappa shape index (κ1) is 17.7. The molecular formula is C19H17ClN4O2. The summed E-state index contributed by atoms with van der Waals surface area (Å²) in [7, 11) is 0. The largest absolute Gasteiger partial charge is 0.488 e.